The molecular formula is C8H15N3O2S2. The first-order chi connectivity index (χ1) is 7.03. The van der Waals surface area contributed by atoms with Gasteiger partial charge in [-0.3, -0.25) is 16.3 Å². The average Bonchev–Trinajstić information content (AvgIpc) is 2.63. The third-order valence-corrected chi connectivity index (χ3v) is 3.92. The molecule has 0 bridgehead atoms. The van der Waals surface area contributed by atoms with Gasteiger partial charge in [0.2, 0.25) is 0 Å². The molecule has 3 N–H and O–H groups in total. The van der Waals surface area contributed by atoms with Crippen molar-refractivity contribution in [3.8, 4) is 0 Å². The number of nitrogens with one attached hydrogen (secondary N) is 1. The van der Waals surface area contributed by atoms with E-state index in [0.717, 1.165) is 4.88 Å². The number of nitrogens with zero attached hydrogens (tertiary/aromatic N) is 1. The van der Waals surface area contributed by atoms with Crippen molar-refractivity contribution in [1.82, 2.24) is 10.4 Å². The van der Waals surface area contributed by atoms with Crippen LogP contribution in [0.25, 0.3) is 0 Å². The summed E-state index contributed by atoms with van der Waals surface area (Å²) in [6.07, 6.45) is 4.29. The van der Waals surface area contributed by atoms with Crippen molar-refractivity contribution in [3.63, 3.8) is 0 Å². The van der Waals surface area contributed by atoms with Crippen molar-refractivity contribution in [2.24, 2.45) is 5.84 Å². The monoisotopic (exact) mass is 249 g/mol. The van der Waals surface area contributed by atoms with E-state index in [-0.39, 0.29) is 11.8 Å². The van der Waals surface area contributed by atoms with E-state index in [1.54, 1.807) is 11.7 Å². The Labute approximate surface area is 93.6 Å². The molecule has 0 aliphatic carbocycles. The summed E-state index contributed by atoms with van der Waals surface area (Å²) < 4.78 is 21.9. The zero-order chi connectivity index (χ0) is 11.3. The molecule has 0 radical (unpaired) electrons. The second kappa shape index (κ2) is 5.55. The fraction of sp³-hybridized carbons (Fsp3) is 0.625. The number of aromatic nitrogens is 1. The van der Waals surface area contributed by atoms with E-state index in [9.17, 15) is 8.42 Å². The van der Waals surface area contributed by atoms with Gasteiger partial charge >= 0.3 is 0 Å². The second-order valence-electron chi connectivity index (χ2n) is 3.40. The first-order valence-corrected chi connectivity index (χ1v) is 7.49. The van der Waals surface area contributed by atoms with Gasteiger partial charge in [-0.2, -0.15) is 0 Å². The molecule has 86 valence electrons. The van der Waals surface area contributed by atoms with Gasteiger partial charge in [-0.05, 0) is 12.8 Å². The molecule has 1 unspecified atom stereocenters. The zero-order valence-electron chi connectivity index (χ0n) is 8.51. The Kier molecular flexibility index (Phi) is 4.65. The molecule has 5 nitrogen and oxygen atoms in total. The first kappa shape index (κ1) is 12.6. The molecule has 1 rings (SSSR count). The van der Waals surface area contributed by atoms with E-state index < -0.39 is 9.84 Å². The van der Waals surface area contributed by atoms with Gasteiger partial charge in [0.05, 0.1) is 11.6 Å². The SMILES string of the molecule is CS(=O)(=O)CCCC(NN)c1cncs1. The van der Waals surface area contributed by atoms with Crippen LogP contribution in [0.4, 0.5) is 0 Å². The maximum Gasteiger partial charge on any atom is 0.147 e. The summed E-state index contributed by atoms with van der Waals surface area (Å²) in [5.41, 5.74) is 4.40. The van der Waals surface area contributed by atoms with Crippen LogP contribution in [0.2, 0.25) is 0 Å². The highest BCUT2D eigenvalue weighted by Crippen LogP contribution is 2.21. The zero-order valence-corrected chi connectivity index (χ0v) is 10.1. The third-order valence-electron chi connectivity index (χ3n) is 2.00. The quantitative estimate of drug-likeness (QED) is 0.565. The molecule has 0 saturated heterocycles. The second-order valence-corrected chi connectivity index (χ2v) is 6.57. The van der Waals surface area contributed by atoms with Crippen molar-refractivity contribution in [3.05, 3.63) is 16.6 Å². The highest BCUT2D eigenvalue weighted by Gasteiger charge is 2.12. The fourth-order valence-electron chi connectivity index (χ4n) is 1.26. The first-order valence-electron chi connectivity index (χ1n) is 4.55. The van der Waals surface area contributed by atoms with E-state index in [1.165, 1.54) is 17.6 Å². The summed E-state index contributed by atoms with van der Waals surface area (Å²) in [4.78, 5) is 4.99. The molecule has 0 aliphatic heterocycles. The average molecular weight is 249 g/mol. The Morgan fingerprint density at radius 1 is 1.67 bits per heavy atom. The van der Waals surface area contributed by atoms with Crippen LogP contribution in [-0.4, -0.2) is 25.4 Å². The lowest BCUT2D eigenvalue weighted by atomic mass is 10.1. The van der Waals surface area contributed by atoms with Crippen LogP contribution < -0.4 is 11.3 Å². The largest absolute Gasteiger partial charge is 0.271 e. The number of hydrogen-bond donors (Lipinski definition) is 2. The van der Waals surface area contributed by atoms with E-state index in [2.05, 4.69) is 10.4 Å². The van der Waals surface area contributed by atoms with Gasteiger partial charge in [0, 0.05) is 23.1 Å². The molecule has 0 fully saturated rings. The Balaban J connectivity index is 2.42. The molecule has 0 amide bonds. The molecule has 1 atom stereocenters. The molecule has 7 heteroatoms. The van der Waals surface area contributed by atoms with Gasteiger partial charge in [-0.15, -0.1) is 11.3 Å². The summed E-state index contributed by atoms with van der Waals surface area (Å²) in [6, 6.07) is -0.000694. The molecule has 0 aromatic carbocycles. The number of hydrogen-bond acceptors (Lipinski definition) is 6. The minimum absolute atomic E-state index is 0.000694. The van der Waals surface area contributed by atoms with E-state index in [4.69, 9.17) is 5.84 Å². The highest BCUT2D eigenvalue weighted by molar-refractivity contribution is 7.90. The van der Waals surface area contributed by atoms with Crippen molar-refractivity contribution < 1.29 is 8.42 Å². The van der Waals surface area contributed by atoms with E-state index in [0.29, 0.717) is 12.8 Å². The molecular weight excluding hydrogens is 234 g/mol. The van der Waals surface area contributed by atoms with Crippen molar-refractivity contribution >= 4 is 21.2 Å². The van der Waals surface area contributed by atoms with Crippen LogP contribution in [-0.2, 0) is 9.84 Å². The lowest BCUT2D eigenvalue weighted by molar-refractivity contribution is 0.514. The van der Waals surface area contributed by atoms with Gasteiger partial charge in [-0.25, -0.2) is 8.42 Å². The molecule has 1 heterocycles. The van der Waals surface area contributed by atoms with Gasteiger partial charge < -0.3 is 0 Å². The van der Waals surface area contributed by atoms with Crippen molar-refractivity contribution in [1.29, 1.82) is 0 Å². The summed E-state index contributed by atoms with van der Waals surface area (Å²) >= 11 is 1.51. The third kappa shape index (κ3) is 4.70. The van der Waals surface area contributed by atoms with Gasteiger partial charge in [0.1, 0.15) is 9.84 Å². The lowest BCUT2D eigenvalue weighted by Gasteiger charge is -2.12. The van der Waals surface area contributed by atoms with E-state index in [1.807, 2.05) is 0 Å². The van der Waals surface area contributed by atoms with Gasteiger partial charge in [0.25, 0.3) is 0 Å². The Morgan fingerprint density at radius 2 is 2.40 bits per heavy atom. The number of nitrogens with two attached hydrogens (primary N) is 1. The molecule has 15 heavy (non-hydrogen) atoms. The molecule has 1 aromatic heterocycles. The molecule has 0 spiro atoms. The predicted octanol–water partition coefficient (Wildman–Crippen LogP) is 0.472. The van der Waals surface area contributed by atoms with Crippen LogP contribution >= 0.6 is 11.3 Å². The fourth-order valence-corrected chi connectivity index (χ4v) is 2.66. The molecule has 1 aromatic rings. The van der Waals surface area contributed by atoms with E-state index >= 15 is 0 Å². The van der Waals surface area contributed by atoms with Crippen LogP contribution in [0, 0.1) is 0 Å². The number of thiazole rings is 1. The summed E-state index contributed by atoms with van der Waals surface area (Å²) in [5.74, 6) is 5.59. The maximum absolute atomic E-state index is 10.9. The van der Waals surface area contributed by atoms with Gasteiger partial charge in [-0.1, -0.05) is 0 Å². The Hall–Kier alpha value is -0.500. The summed E-state index contributed by atoms with van der Waals surface area (Å²) in [5, 5.41) is 0. The molecule has 0 saturated carbocycles. The summed E-state index contributed by atoms with van der Waals surface area (Å²) in [6.45, 7) is 0. The van der Waals surface area contributed by atoms with Crippen molar-refractivity contribution in [2.75, 3.05) is 12.0 Å². The van der Waals surface area contributed by atoms with Gasteiger partial charge in [0.15, 0.2) is 0 Å². The van der Waals surface area contributed by atoms with Crippen molar-refractivity contribution in [2.45, 2.75) is 18.9 Å². The minimum atomic E-state index is -2.88. The topological polar surface area (TPSA) is 85.1 Å². The number of hydrazine groups is 1. The normalized spacial score (nSPS) is 14.0. The maximum atomic E-state index is 10.9. The molecule has 0 aliphatic rings. The van der Waals surface area contributed by atoms with Crippen LogP contribution in [0.5, 0.6) is 0 Å². The van der Waals surface area contributed by atoms with Crippen LogP contribution in [0.15, 0.2) is 11.7 Å². The number of rotatable bonds is 6. The smallest absolute Gasteiger partial charge is 0.147 e. The van der Waals surface area contributed by atoms with Crippen LogP contribution in [0.3, 0.4) is 0 Å². The predicted molar refractivity (Wildman–Crippen MR) is 61.1 cm³/mol. The minimum Gasteiger partial charge on any atom is -0.271 e. The van der Waals surface area contributed by atoms with Crippen LogP contribution in [0.1, 0.15) is 23.8 Å². The highest BCUT2D eigenvalue weighted by atomic mass is 32.2. The lowest BCUT2D eigenvalue weighted by Crippen LogP contribution is -2.27. The Bertz CT molecular complexity index is 375. The Morgan fingerprint density at radius 3 is 2.87 bits per heavy atom. The summed E-state index contributed by atoms with van der Waals surface area (Å²) in [7, 11) is -2.88. The number of sulfone groups is 1. The standard InChI is InChI=1S/C8H15N3O2S2/c1-15(12,13)4-2-3-7(11-9)8-5-10-6-14-8/h5-7,11H,2-4,9H2,1H3.